The Balaban J connectivity index is 2.13. The molecular weight excluding hydrogens is 280 g/mol. The highest BCUT2D eigenvalue weighted by Crippen LogP contribution is 2.37. The van der Waals surface area contributed by atoms with Crippen LogP contribution in [0.2, 0.25) is 0 Å². The first-order chi connectivity index (χ1) is 9.93. The molecule has 2 rings (SSSR count). The van der Waals surface area contributed by atoms with Gasteiger partial charge in [-0.1, -0.05) is 27.7 Å². The molecule has 120 valence electrons. The van der Waals surface area contributed by atoms with E-state index in [9.17, 15) is 0 Å². The zero-order valence-corrected chi connectivity index (χ0v) is 14.9. The number of nitrogens with zero attached hydrogens (tertiary/aromatic N) is 1. The first-order valence-electron chi connectivity index (χ1n) is 8.06. The van der Waals surface area contributed by atoms with Crippen LogP contribution in [0.1, 0.15) is 49.9 Å². The number of nitrogens with one attached hydrogen (secondary N) is 1. The van der Waals surface area contributed by atoms with Crippen LogP contribution in [0.3, 0.4) is 0 Å². The average Bonchev–Trinajstić information content (AvgIpc) is 2.88. The van der Waals surface area contributed by atoms with E-state index in [4.69, 9.17) is 4.74 Å². The van der Waals surface area contributed by atoms with Crippen molar-refractivity contribution in [1.29, 1.82) is 0 Å². The van der Waals surface area contributed by atoms with Crippen LogP contribution < -0.4 is 5.32 Å². The molecule has 21 heavy (non-hydrogen) atoms. The summed E-state index contributed by atoms with van der Waals surface area (Å²) in [6.07, 6.45) is 1.42. The van der Waals surface area contributed by atoms with Crippen LogP contribution in [0, 0.1) is 0 Å². The van der Waals surface area contributed by atoms with Crippen molar-refractivity contribution >= 4 is 11.3 Å². The molecule has 4 heteroatoms. The van der Waals surface area contributed by atoms with Gasteiger partial charge in [-0.15, -0.1) is 11.3 Å². The first-order valence-corrected chi connectivity index (χ1v) is 8.88. The van der Waals surface area contributed by atoms with Crippen LogP contribution in [0.25, 0.3) is 0 Å². The highest BCUT2D eigenvalue weighted by atomic mass is 32.1. The Bertz CT molecular complexity index is 438. The van der Waals surface area contributed by atoms with E-state index in [-0.39, 0.29) is 11.5 Å². The van der Waals surface area contributed by atoms with E-state index in [0.717, 1.165) is 26.2 Å². The minimum Gasteiger partial charge on any atom is -0.374 e. The molecule has 0 saturated carbocycles. The molecule has 2 atom stereocenters. The van der Waals surface area contributed by atoms with Crippen LogP contribution in [0.15, 0.2) is 12.1 Å². The highest BCUT2D eigenvalue weighted by molar-refractivity contribution is 7.12. The summed E-state index contributed by atoms with van der Waals surface area (Å²) in [5.41, 5.74) is 0.229. The minimum absolute atomic E-state index is 0.229. The largest absolute Gasteiger partial charge is 0.374 e. The zero-order chi connectivity index (χ0) is 15.5. The summed E-state index contributed by atoms with van der Waals surface area (Å²) < 4.78 is 6.06. The Morgan fingerprint density at radius 1 is 1.38 bits per heavy atom. The van der Waals surface area contributed by atoms with Gasteiger partial charge < -0.3 is 10.1 Å². The van der Waals surface area contributed by atoms with Crippen molar-refractivity contribution in [2.75, 3.05) is 33.3 Å². The van der Waals surface area contributed by atoms with Gasteiger partial charge in [-0.25, -0.2) is 0 Å². The van der Waals surface area contributed by atoms with Gasteiger partial charge in [0.15, 0.2) is 0 Å². The molecule has 0 aliphatic carbocycles. The number of thiophene rings is 1. The third-order valence-corrected chi connectivity index (χ3v) is 5.61. The molecule has 1 aromatic rings. The Labute approximate surface area is 133 Å². The third-order valence-electron chi connectivity index (χ3n) is 4.03. The molecule has 0 bridgehead atoms. The number of hydrogen-bond donors (Lipinski definition) is 1. The second-order valence-electron chi connectivity index (χ2n) is 6.99. The second kappa shape index (κ2) is 7.23. The molecule has 0 aromatic carbocycles. The fraction of sp³-hybridized carbons (Fsp3) is 0.765. The van der Waals surface area contributed by atoms with Crippen LogP contribution >= 0.6 is 11.3 Å². The normalized spacial score (nSPS) is 24.4. The summed E-state index contributed by atoms with van der Waals surface area (Å²) in [4.78, 5) is 5.34. The summed E-state index contributed by atoms with van der Waals surface area (Å²) in [5, 5.41) is 3.52. The van der Waals surface area contributed by atoms with Gasteiger partial charge >= 0.3 is 0 Å². The minimum atomic E-state index is 0.229. The van der Waals surface area contributed by atoms with E-state index < -0.39 is 0 Å². The van der Waals surface area contributed by atoms with E-state index in [1.165, 1.54) is 16.2 Å². The molecule has 2 unspecified atom stereocenters. The summed E-state index contributed by atoms with van der Waals surface area (Å²) in [6.45, 7) is 12.9. The number of hydrogen-bond acceptors (Lipinski definition) is 4. The van der Waals surface area contributed by atoms with Crippen molar-refractivity contribution in [3.63, 3.8) is 0 Å². The van der Waals surface area contributed by atoms with Gasteiger partial charge in [0.1, 0.15) is 0 Å². The molecule has 0 spiro atoms. The Morgan fingerprint density at radius 3 is 2.76 bits per heavy atom. The number of ether oxygens (including phenoxy) is 1. The monoisotopic (exact) mass is 310 g/mol. The molecule has 1 aliphatic heterocycles. The number of likely N-dealkylation sites (N-methyl/N-ethyl adjacent to an activating group) is 1. The van der Waals surface area contributed by atoms with Crippen LogP contribution in [-0.4, -0.2) is 44.3 Å². The van der Waals surface area contributed by atoms with Crippen molar-refractivity contribution in [1.82, 2.24) is 10.2 Å². The lowest BCUT2D eigenvalue weighted by Crippen LogP contribution is -2.47. The van der Waals surface area contributed by atoms with E-state index in [0.29, 0.717) is 6.04 Å². The van der Waals surface area contributed by atoms with E-state index in [2.05, 4.69) is 57.1 Å². The molecular formula is C17H30N2OS. The van der Waals surface area contributed by atoms with Gasteiger partial charge in [0, 0.05) is 22.8 Å². The fourth-order valence-electron chi connectivity index (χ4n) is 2.77. The lowest BCUT2D eigenvalue weighted by Gasteiger charge is -2.38. The standard InChI is InChI=1S/C17H30N2OS/c1-6-9-18-12-13-16(19(5)10-11-20-13)14-7-8-15(21-14)17(2,3)4/h7-8,13,16,18H,6,9-12H2,1-5H3. The molecule has 1 N–H and O–H groups in total. The van der Waals surface area contributed by atoms with Crippen LogP contribution in [-0.2, 0) is 10.2 Å². The molecule has 0 amide bonds. The maximum Gasteiger partial charge on any atom is 0.0904 e. The molecule has 3 nitrogen and oxygen atoms in total. The molecule has 1 saturated heterocycles. The first kappa shape index (κ1) is 16.9. The predicted octanol–water partition coefficient (Wildman–Crippen LogP) is 3.42. The SMILES string of the molecule is CCCNCC1OCCN(C)C1c1ccc(C(C)(C)C)s1. The fourth-order valence-corrected chi connectivity index (χ4v) is 4.05. The zero-order valence-electron chi connectivity index (χ0n) is 14.1. The van der Waals surface area contributed by atoms with Crippen molar-refractivity contribution < 1.29 is 4.74 Å². The predicted molar refractivity (Wildman–Crippen MR) is 91.3 cm³/mol. The highest BCUT2D eigenvalue weighted by Gasteiger charge is 2.33. The molecule has 2 heterocycles. The maximum absolute atomic E-state index is 6.06. The van der Waals surface area contributed by atoms with Crippen molar-refractivity contribution in [3.05, 3.63) is 21.9 Å². The molecule has 1 fully saturated rings. The summed E-state index contributed by atoms with van der Waals surface area (Å²) in [7, 11) is 2.22. The Kier molecular flexibility index (Phi) is 5.83. The van der Waals surface area contributed by atoms with Crippen LogP contribution in [0.4, 0.5) is 0 Å². The van der Waals surface area contributed by atoms with Gasteiger partial charge in [0.2, 0.25) is 0 Å². The van der Waals surface area contributed by atoms with E-state index >= 15 is 0 Å². The molecule has 1 aliphatic rings. The molecule has 1 aromatic heterocycles. The average molecular weight is 311 g/mol. The smallest absolute Gasteiger partial charge is 0.0904 e. The second-order valence-corrected chi connectivity index (χ2v) is 8.11. The lowest BCUT2D eigenvalue weighted by molar-refractivity contribution is -0.0601. The topological polar surface area (TPSA) is 24.5 Å². The van der Waals surface area contributed by atoms with Gasteiger partial charge in [-0.2, -0.15) is 0 Å². The Hall–Kier alpha value is -0.420. The Morgan fingerprint density at radius 2 is 2.14 bits per heavy atom. The lowest BCUT2D eigenvalue weighted by atomic mass is 9.95. The van der Waals surface area contributed by atoms with Gasteiger partial charge in [0.25, 0.3) is 0 Å². The van der Waals surface area contributed by atoms with Gasteiger partial charge in [-0.05, 0) is 37.6 Å². The van der Waals surface area contributed by atoms with Gasteiger partial charge in [0.05, 0.1) is 18.8 Å². The van der Waals surface area contributed by atoms with Crippen molar-refractivity contribution in [2.24, 2.45) is 0 Å². The van der Waals surface area contributed by atoms with Gasteiger partial charge in [-0.3, -0.25) is 4.90 Å². The van der Waals surface area contributed by atoms with E-state index in [1.54, 1.807) is 0 Å². The summed E-state index contributed by atoms with van der Waals surface area (Å²) in [6, 6.07) is 4.97. The number of morpholine rings is 1. The quantitative estimate of drug-likeness (QED) is 0.844. The molecule has 0 radical (unpaired) electrons. The van der Waals surface area contributed by atoms with Crippen molar-refractivity contribution in [3.8, 4) is 0 Å². The summed E-state index contributed by atoms with van der Waals surface area (Å²) in [5.74, 6) is 0. The third kappa shape index (κ3) is 4.28. The summed E-state index contributed by atoms with van der Waals surface area (Å²) >= 11 is 1.94. The van der Waals surface area contributed by atoms with E-state index in [1.807, 2.05) is 11.3 Å². The maximum atomic E-state index is 6.06. The van der Waals surface area contributed by atoms with Crippen molar-refractivity contribution in [2.45, 2.75) is 51.7 Å². The van der Waals surface area contributed by atoms with Crippen LogP contribution in [0.5, 0.6) is 0 Å². The number of rotatable bonds is 5.